The molecule has 8 heteroatoms. The number of carbonyl (C=O) groups is 2. The molecule has 8 nitrogen and oxygen atoms in total. The Balaban J connectivity index is 1.30. The van der Waals surface area contributed by atoms with Crippen LogP contribution in [0.1, 0.15) is 37.0 Å². The summed E-state index contributed by atoms with van der Waals surface area (Å²) in [5.41, 5.74) is 1.09. The minimum atomic E-state index is 0.0136. The molecule has 0 atom stereocenters. The van der Waals surface area contributed by atoms with Crippen molar-refractivity contribution in [1.82, 2.24) is 25.3 Å². The van der Waals surface area contributed by atoms with Gasteiger partial charge in [-0.05, 0) is 12.0 Å². The highest BCUT2D eigenvalue weighted by Gasteiger charge is 2.22. The van der Waals surface area contributed by atoms with E-state index in [0.29, 0.717) is 70.2 Å². The van der Waals surface area contributed by atoms with E-state index in [1.54, 1.807) is 0 Å². The van der Waals surface area contributed by atoms with Gasteiger partial charge in [-0.15, -0.1) is 0 Å². The summed E-state index contributed by atoms with van der Waals surface area (Å²) in [6.45, 7) is 5.63. The zero-order chi connectivity index (χ0) is 20.5. The van der Waals surface area contributed by atoms with Gasteiger partial charge in [-0.1, -0.05) is 42.4 Å². The first-order valence-corrected chi connectivity index (χ1v) is 10.3. The first-order chi connectivity index (χ1) is 14.1. The molecular weight excluding hydrogens is 370 g/mol. The van der Waals surface area contributed by atoms with Crippen LogP contribution in [0.2, 0.25) is 0 Å². The van der Waals surface area contributed by atoms with Crippen molar-refractivity contribution in [3.63, 3.8) is 0 Å². The Labute approximate surface area is 171 Å². The van der Waals surface area contributed by atoms with Crippen molar-refractivity contribution in [3.8, 4) is 0 Å². The van der Waals surface area contributed by atoms with Crippen LogP contribution in [-0.2, 0) is 29.0 Å². The number of nitrogens with one attached hydrogen (secondary N) is 1. The van der Waals surface area contributed by atoms with Crippen LogP contribution in [0.25, 0.3) is 0 Å². The van der Waals surface area contributed by atoms with Crippen LogP contribution in [0.4, 0.5) is 0 Å². The largest absolute Gasteiger partial charge is 0.351 e. The molecule has 0 spiro atoms. The van der Waals surface area contributed by atoms with Gasteiger partial charge in [-0.3, -0.25) is 14.5 Å². The molecule has 0 bridgehead atoms. The number of aryl methyl sites for hydroxylation is 2. The summed E-state index contributed by atoms with van der Waals surface area (Å²) >= 11 is 0. The zero-order valence-corrected chi connectivity index (χ0v) is 17.0. The topological polar surface area (TPSA) is 91.6 Å². The summed E-state index contributed by atoms with van der Waals surface area (Å²) in [4.78, 5) is 32.8. The van der Waals surface area contributed by atoms with Crippen molar-refractivity contribution in [2.75, 3.05) is 32.7 Å². The molecule has 156 valence electrons. The van der Waals surface area contributed by atoms with Crippen molar-refractivity contribution < 1.29 is 14.1 Å². The van der Waals surface area contributed by atoms with Gasteiger partial charge < -0.3 is 14.7 Å². The van der Waals surface area contributed by atoms with Gasteiger partial charge >= 0.3 is 0 Å². The van der Waals surface area contributed by atoms with Crippen LogP contribution in [0.3, 0.4) is 0 Å². The summed E-state index contributed by atoms with van der Waals surface area (Å²) in [5.74, 6) is 1.46. The second-order valence-corrected chi connectivity index (χ2v) is 7.23. The van der Waals surface area contributed by atoms with E-state index in [-0.39, 0.29) is 11.8 Å². The molecule has 0 unspecified atom stereocenters. The van der Waals surface area contributed by atoms with Crippen LogP contribution < -0.4 is 5.32 Å². The van der Waals surface area contributed by atoms with Crippen molar-refractivity contribution >= 4 is 11.8 Å². The van der Waals surface area contributed by atoms with Crippen LogP contribution >= 0.6 is 0 Å². The van der Waals surface area contributed by atoms with E-state index in [1.807, 2.05) is 42.2 Å². The van der Waals surface area contributed by atoms with E-state index >= 15 is 0 Å². The van der Waals surface area contributed by atoms with E-state index in [1.165, 1.54) is 0 Å². The third-order valence-electron chi connectivity index (χ3n) is 5.03. The van der Waals surface area contributed by atoms with Gasteiger partial charge in [0.25, 0.3) is 0 Å². The van der Waals surface area contributed by atoms with Crippen molar-refractivity contribution in [2.45, 2.75) is 39.2 Å². The van der Waals surface area contributed by atoms with Crippen molar-refractivity contribution in [1.29, 1.82) is 0 Å². The summed E-state index contributed by atoms with van der Waals surface area (Å²) in [7, 11) is 0. The predicted octanol–water partition coefficient (Wildman–Crippen LogP) is 1.42. The van der Waals surface area contributed by atoms with Crippen LogP contribution in [0, 0.1) is 0 Å². The maximum absolute atomic E-state index is 12.4. The number of nitrogens with zero attached hydrogens (tertiary/aromatic N) is 4. The molecule has 0 radical (unpaired) electrons. The van der Waals surface area contributed by atoms with E-state index in [9.17, 15) is 9.59 Å². The highest BCUT2D eigenvalue weighted by atomic mass is 16.5. The van der Waals surface area contributed by atoms with E-state index in [4.69, 9.17) is 4.52 Å². The van der Waals surface area contributed by atoms with E-state index in [2.05, 4.69) is 20.4 Å². The maximum Gasteiger partial charge on any atom is 0.234 e. The smallest absolute Gasteiger partial charge is 0.234 e. The Kier molecular flexibility index (Phi) is 7.75. The zero-order valence-electron chi connectivity index (χ0n) is 17.0. The second kappa shape index (κ2) is 10.7. The Bertz CT molecular complexity index is 785. The van der Waals surface area contributed by atoms with Gasteiger partial charge in [0, 0.05) is 52.0 Å². The first kappa shape index (κ1) is 21.0. The van der Waals surface area contributed by atoms with Gasteiger partial charge in [0.15, 0.2) is 5.82 Å². The van der Waals surface area contributed by atoms with E-state index < -0.39 is 0 Å². The van der Waals surface area contributed by atoms with Gasteiger partial charge in [0.05, 0.1) is 6.54 Å². The molecule has 2 amide bonds. The van der Waals surface area contributed by atoms with Crippen LogP contribution in [0.5, 0.6) is 0 Å². The summed E-state index contributed by atoms with van der Waals surface area (Å²) < 4.78 is 5.15. The Morgan fingerprint density at radius 1 is 1.14 bits per heavy atom. The predicted molar refractivity (Wildman–Crippen MR) is 108 cm³/mol. The molecule has 1 aromatic carbocycles. The van der Waals surface area contributed by atoms with Gasteiger partial charge in [-0.2, -0.15) is 4.98 Å². The molecule has 1 fully saturated rings. The first-order valence-electron chi connectivity index (χ1n) is 10.3. The van der Waals surface area contributed by atoms with Crippen LogP contribution in [0.15, 0.2) is 34.9 Å². The quantitative estimate of drug-likeness (QED) is 0.686. The Morgan fingerprint density at radius 3 is 2.59 bits per heavy atom. The number of carbonyl (C=O) groups excluding carboxylic acids is 2. The highest BCUT2D eigenvalue weighted by molar-refractivity contribution is 5.78. The third-order valence-corrected chi connectivity index (χ3v) is 5.03. The number of aromatic nitrogens is 2. The van der Waals surface area contributed by atoms with Gasteiger partial charge in [-0.25, -0.2) is 0 Å². The number of rotatable bonds is 9. The summed E-state index contributed by atoms with van der Waals surface area (Å²) in [6, 6.07) is 9.86. The molecule has 2 heterocycles. The highest BCUT2D eigenvalue weighted by Crippen LogP contribution is 2.08. The minimum Gasteiger partial charge on any atom is -0.351 e. The minimum absolute atomic E-state index is 0.0136. The monoisotopic (exact) mass is 399 g/mol. The fourth-order valence-corrected chi connectivity index (χ4v) is 3.30. The molecule has 0 saturated carbocycles. The maximum atomic E-state index is 12.4. The molecule has 3 rings (SSSR count). The average molecular weight is 399 g/mol. The molecule has 1 aromatic heterocycles. The number of piperazine rings is 1. The Hall–Kier alpha value is -2.74. The molecule has 29 heavy (non-hydrogen) atoms. The SMILES string of the molecule is CCc1noc(CCCC(=O)N2CCN(CC(=O)NCc3ccccc3)CC2)n1. The molecule has 1 saturated heterocycles. The van der Waals surface area contributed by atoms with Crippen LogP contribution in [-0.4, -0.2) is 64.5 Å². The fourth-order valence-electron chi connectivity index (χ4n) is 3.30. The molecular formula is C21H29N5O3. The Morgan fingerprint density at radius 2 is 1.90 bits per heavy atom. The van der Waals surface area contributed by atoms with Crippen molar-refractivity contribution in [2.24, 2.45) is 0 Å². The standard InChI is InChI=1S/C21H29N5O3/c1-2-18-23-20(29-24-18)9-6-10-21(28)26-13-11-25(12-14-26)16-19(27)22-15-17-7-4-3-5-8-17/h3-5,7-8H,2,6,9-16H2,1H3,(H,22,27). The molecule has 1 aliphatic rings. The normalized spacial score (nSPS) is 14.7. The number of hydrogen-bond donors (Lipinski definition) is 1. The van der Waals surface area contributed by atoms with Gasteiger partial charge in [0.1, 0.15) is 0 Å². The third kappa shape index (κ3) is 6.67. The second-order valence-electron chi connectivity index (χ2n) is 7.23. The lowest BCUT2D eigenvalue weighted by atomic mass is 10.2. The lowest BCUT2D eigenvalue weighted by Gasteiger charge is -2.34. The lowest BCUT2D eigenvalue weighted by Crippen LogP contribution is -2.51. The van der Waals surface area contributed by atoms with Crippen molar-refractivity contribution in [3.05, 3.63) is 47.6 Å². The number of amides is 2. The number of benzene rings is 1. The summed E-state index contributed by atoms with van der Waals surface area (Å²) in [6.07, 6.45) is 2.55. The fraction of sp³-hybridized carbons (Fsp3) is 0.524. The average Bonchev–Trinajstić information content (AvgIpc) is 3.21. The number of hydrogen-bond acceptors (Lipinski definition) is 6. The molecule has 1 N–H and O–H groups in total. The molecule has 1 aliphatic heterocycles. The lowest BCUT2D eigenvalue weighted by molar-refractivity contribution is -0.133. The molecule has 2 aromatic rings. The van der Waals surface area contributed by atoms with Gasteiger partial charge in [0.2, 0.25) is 17.7 Å². The van der Waals surface area contributed by atoms with E-state index in [0.717, 1.165) is 12.0 Å². The summed E-state index contributed by atoms with van der Waals surface area (Å²) in [5, 5.41) is 6.81. The molecule has 0 aliphatic carbocycles.